The monoisotopic (exact) mass is 520 g/mol. The van der Waals surface area contributed by atoms with Crippen LogP contribution >= 0.6 is 11.8 Å². The Hall–Kier alpha value is -1.80. The van der Waals surface area contributed by atoms with Crippen molar-refractivity contribution in [3.05, 3.63) is 24.0 Å². The second-order valence-electron chi connectivity index (χ2n) is 12.0. The van der Waals surface area contributed by atoms with Crippen LogP contribution in [0.2, 0.25) is 0 Å². The van der Waals surface area contributed by atoms with E-state index in [2.05, 4.69) is 16.4 Å². The van der Waals surface area contributed by atoms with Crippen LogP contribution < -0.4 is 5.32 Å². The van der Waals surface area contributed by atoms with Crippen LogP contribution in [-0.4, -0.2) is 45.3 Å². The minimum atomic E-state index is -1.41. The molecule has 1 aromatic heterocycles. The van der Waals surface area contributed by atoms with Crippen molar-refractivity contribution < 1.29 is 23.8 Å². The van der Waals surface area contributed by atoms with Crippen molar-refractivity contribution >= 4 is 23.8 Å². The molecule has 2 aliphatic rings. The molecule has 3 rings (SSSR count). The number of aromatic nitrogens is 1. The topological polar surface area (TPSA) is 86.8 Å². The summed E-state index contributed by atoms with van der Waals surface area (Å²) < 4.78 is 17.6. The van der Waals surface area contributed by atoms with E-state index in [9.17, 15) is 9.59 Å². The van der Waals surface area contributed by atoms with Gasteiger partial charge in [0.15, 0.2) is 5.60 Å². The smallest absolute Gasteiger partial charge is 0.407 e. The first-order valence-electron chi connectivity index (χ1n) is 13.3. The van der Waals surface area contributed by atoms with Gasteiger partial charge >= 0.3 is 12.1 Å². The molecule has 2 fully saturated rings. The summed E-state index contributed by atoms with van der Waals surface area (Å²) in [6.07, 6.45) is 9.57. The van der Waals surface area contributed by atoms with Gasteiger partial charge in [-0.2, -0.15) is 0 Å². The second-order valence-corrected chi connectivity index (χ2v) is 13.4. The average Bonchev–Trinajstić information content (AvgIpc) is 2.87. The van der Waals surface area contributed by atoms with Crippen LogP contribution in [0.1, 0.15) is 99.1 Å². The highest BCUT2D eigenvalue weighted by molar-refractivity contribution is 8.00. The third-order valence-electron chi connectivity index (χ3n) is 6.41. The summed E-state index contributed by atoms with van der Waals surface area (Å²) in [5, 5.41) is 3.55. The van der Waals surface area contributed by atoms with E-state index in [0.29, 0.717) is 11.7 Å². The first kappa shape index (κ1) is 28.8. The Bertz CT molecular complexity index is 905. The number of hydrogen-bond acceptors (Lipinski definition) is 7. The normalized spacial score (nSPS) is 23.7. The Labute approximate surface area is 220 Å². The first-order valence-corrected chi connectivity index (χ1v) is 14.2. The van der Waals surface area contributed by atoms with Crippen LogP contribution in [0, 0.1) is 5.92 Å². The molecule has 1 aliphatic carbocycles. The highest BCUT2D eigenvalue weighted by Gasteiger charge is 2.59. The molecule has 202 valence electrons. The van der Waals surface area contributed by atoms with Crippen molar-refractivity contribution in [3.63, 3.8) is 0 Å². The molecule has 1 unspecified atom stereocenters. The van der Waals surface area contributed by atoms with Gasteiger partial charge in [0.25, 0.3) is 0 Å². The van der Waals surface area contributed by atoms with E-state index in [0.717, 1.165) is 10.6 Å². The van der Waals surface area contributed by atoms with Crippen LogP contribution in [0.15, 0.2) is 23.2 Å². The molecule has 1 aliphatic heterocycles. The maximum atomic E-state index is 13.5. The maximum Gasteiger partial charge on any atom is 0.407 e. The predicted octanol–water partition coefficient (Wildman–Crippen LogP) is 6.43. The van der Waals surface area contributed by atoms with E-state index in [-0.39, 0.29) is 12.3 Å². The molecule has 2 heterocycles. The van der Waals surface area contributed by atoms with Gasteiger partial charge in [0.05, 0.1) is 6.04 Å². The zero-order valence-corrected chi connectivity index (χ0v) is 23.8. The fourth-order valence-electron chi connectivity index (χ4n) is 4.99. The summed E-state index contributed by atoms with van der Waals surface area (Å²) in [7, 11) is 0. The molecule has 0 bridgehead atoms. The lowest BCUT2D eigenvalue weighted by Crippen LogP contribution is -2.59. The third-order valence-corrected chi connectivity index (χ3v) is 7.74. The standard InChI is InChI=1S/C28H44N2O5S/c1-19(2)16-23(30-25(32)34-26(3,4)5)28(24(31)33-27(6,7)35-28)18-20-17-22(14-15-29-20)36-21-12-10-8-9-11-13-21/h14-15,17,19,21,23H,8-13,16,18H2,1-7H3,(H,30,32)/t23?,28-/m1/s1. The zero-order chi connectivity index (χ0) is 26.6. The van der Waals surface area contributed by atoms with Crippen molar-refractivity contribution in [1.82, 2.24) is 10.3 Å². The number of carbonyl (C=O) groups excluding carboxylic acids is 2. The minimum absolute atomic E-state index is 0.187. The third kappa shape index (κ3) is 8.10. The maximum absolute atomic E-state index is 13.5. The van der Waals surface area contributed by atoms with Gasteiger partial charge in [-0.1, -0.05) is 39.5 Å². The molecule has 1 aromatic rings. The van der Waals surface area contributed by atoms with Gasteiger partial charge in [-0.05, 0) is 58.1 Å². The first-order chi connectivity index (χ1) is 16.8. The Morgan fingerprint density at radius 2 is 1.89 bits per heavy atom. The molecule has 2 atom stereocenters. The molecule has 0 radical (unpaired) electrons. The van der Waals surface area contributed by atoms with Crippen LogP contribution in [0.25, 0.3) is 0 Å². The van der Waals surface area contributed by atoms with E-state index in [4.69, 9.17) is 14.2 Å². The van der Waals surface area contributed by atoms with E-state index in [1.807, 2.05) is 52.4 Å². The molecular weight excluding hydrogens is 476 g/mol. The highest BCUT2D eigenvalue weighted by Crippen LogP contribution is 2.40. The number of hydrogen-bond donors (Lipinski definition) is 1. The molecule has 0 aromatic carbocycles. The lowest BCUT2D eigenvalue weighted by atomic mass is 9.84. The number of esters is 1. The van der Waals surface area contributed by atoms with Crippen molar-refractivity contribution in [2.24, 2.45) is 5.92 Å². The Morgan fingerprint density at radius 1 is 1.22 bits per heavy atom. The van der Waals surface area contributed by atoms with Crippen LogP contribution in [-0.2, 0) is 25.4 Å². The number of nitrogens with zero attached hydrogens (tertiary/aromatic N) is 1. The van der Waals surface area contributed by atoms with Crippen LogP contribution in [0.3, 0.4) is 0 Å². The van der Waals surface area contributed by atoms with Crippen LogP contribution in [0.5, 0.6) is 0 Å². The van der Waals surface area contributed by atoms with E-state index < -0.39 is 35.1 Å². The number of nitrogens with one attached hydrogen (secondary N) is 1. The summed E-state index contributed by atoms with van der Waals surface area (Å²) in [6.45, 7) is 13.0. The van der Waals surface area contributed by atoms with Gasteiger partial charge in [0.1, 0.15) is 5.60 Å². The molecule has 7 nitrogen and oxygen atoms in total. The van der Waals surface area contributed by atoms with Gasteiger partial charge in [0, 0.05) is 42.3 Å². The number of carbonyl (C=O) groups is 2. The van der Waals surface area contributed by atoms with Gasteiger partial charge in [-0.3, -0.25) is 4.98 Å². The molecular formula is C28H44N2O5S. The molecule has 36 heavy (non-hydrogen) atoms. The number of rotatable bonds is 8. The Balaban J connectivity index is 1.89. The van der Waals surface area contributed by atoms with Gasteiger partial charge in [0.2, 0.25) is 5.79 Å². The number of cyclic esters (lactones) is 1. The number of alkyl carbamates (subject to hydrolysis) is 1. The van der Waals surface area contributed by atoms with E-state index in [1.165, 1.54) is 38.5 Å². The zero-order valence-electron chi connectivity index (χ0n) is 23.0. The lowest BCUT2D eigenvalue weighted by Gasteiger charge is -2.36. The van der Waals surface area contributed by atoms with Crippen LogP contribution in [0.4, 0.5) is 4.79 Å². The predicted molar refractivity (Wildman–Crippen MR) is 142 cm³/mol. The molecule has 1 saturated heterocycles. The number of amides is 1. The molecule has 1 N–H and O–H groups in total. The minimum Gasteiger partial charge on any atom is -0.444 e. The fraction of sp³-hybridized carbons (Fsp3) is 0.750. The molecule has 1 saturated carbocycles. The summed E-state index contributed by atoms with van der Waals surface area (Å²) >= 11 is 1.90. The molecule has 0 spiro atoms. The quantitative estimate of drug-likeness (QED) is 0.312. The summed E-state index contributed by atoms with van der Waals surface area (Å²) in [5.41, 5.74) is -1.34. The number of pyridine rings is 1. The summed E-state index contributed by atoms with van der Waals surface area (Å²) in [5.74, 6) is -1.42. The summed E-state index contributed by atoms with van der Waals surface area (Å²) in [6, 6.07) is 3.44. The lowest BCUT2D eigenvalue weighted by molar-refractivity contribution is -0.170. The van der Waals surface area contributed by atoms with Gasteiger partial charge in [-0.25, -0.2) is 9.59 Å². The summed E-state index contributed by atoms with van der Waals surface area (Å²) in [4.78, 5) is 32.0. The fourth-order valence-corrected chi connectivity index (χ4v) is 6.29. The Morgan fingerprint density at radius 3 is 2.44 bits per heavy atom. The SMILES string of the molecule is CC(C)CC(NC(=O)OC(C)(C)C)[C@@]1(Cc2cc(SC3CCCCCC3)ccn2)OC(C)(C)OC1=O. The molecule has 1 amide bonds. The van der Waals surface area contributed by atoms with Gasteiger partial charge in [-0.15, -0.1) is 11.8 Å². The average molecular weight is 521 g/mol. The Kier molecular flexibility index (Phi) is 9.36. The highest BCUT2D eigenvalue weighted by atomic mass is 32.2. The van der Waals surface area contributed by atoms with Crippen molar-refractivity contribution in [1.29, 1.82) is 0 Å². The van der Waals surface area contributed by atoms with E-state index in [1.54, 1.807) is 20.0 Å². The molecule has 8 heteroatoms. The van der Waals surface area contributed by atoms with Gasteiger partial charge < -0.3 is 19.5 Å². The number of thioether (sulfide) groups is 1. The number of ether oxygens (including phenoxy) is 3. The van der Waals surface area contributed by atoms with E-state index >= 15 is 0 Å². The second kappa shape index (κ2) is 11.7. The largest absolute Gasteiger partial charge is 0.444 e. The van der Waals surface area contributed by atoms with Crippen molar-refractivity contribution in [2.45, 2.75) is 133 Å². The van der Waals surface area contributed by atoms with Crippen molar-refractivity contribution in [3.8, 4) is 0 Å². The van der Waals surface area contributed by atoms with Crippen molar-refractivity contribution in [2.75, 3.05) is 0 Å².